The van der Waals surface area contributed by atoms with Crippen molar-refractivity contribution in [3.05, 3.63) is 75.7 Å². The first-order valence-electron chi connectivity index (χ1n) is 9.39. The number of fused-ring (bicyclic) bond motifs is 2. The summed E-state index contributed by atoms with van der Waals surface area (Å²) in [5, 5.41) is 14.1. The number of aryl methyl sites for hydroxylation is 1. The van der Waals surface area contributed by atoms with Gasteiger partial charge in [-0.15, -0.1) is 11.3 Å². The quantitative estimate of drug-likeness (QED) is 0.412. The molecule has 3 N–H and O–H groups in total. The molecular formula is C22H17N5O2S. The topological polar surface area (TPSA) is 104 Å². The molecule has 148 valence electrons. The average molecular weight is 415 g/mol. The molecule has 7 nitrogen and oxygen atoms in total. The van der Waals surface area contributed by atoms with E-state index in [0.717, 1.165) is 27.9 Å². The van der Waals surface area contributed by atoms with Crippen molar-refractivity contribution in [1.29, 1.82) is 0 Å². The smallest absolute Gasteiger partial charge is 0.272 e. The zero-order chi connectivity index (χ0) is 20.7. The Labute approximate surface area is 174 Å². The molecule has 0 unspecified atom stereocenters. The van der Waals surface area contributed by atoms with Gasteiger partial charge in [-0.25, -0.2) is 10.1 Å². The molecule has 0 aliphatic rings. The molecule has 0 aliphatic carbocycles. The van der Waals surface area contributed by atoms with Crippen LogP contribution in [0.1, 0.15) is 11.4 Å². The summed E-state index contributed by atoms with van der Waals surface area (Å²) in [4.78, 5) is 32.5. The highest BCUT2D eigenvalue weighted by Gasteiger charge is 2.16. The summed E-state index contributed by atoms with van der Waals surface area (Å²) in [6, 6.07) is 15.2. The van der Waals surface area contributed by atoms with Crippen LogP contribution in [0.15, 0.2) is 58.7 Å². The molecule has 0 radical (unpaired) electrons. The van der Waals surface area contributed by atoms with E-state index in [1.807, 2.05) is 36.6 Å². The van der Waals surface area contributed by atoms with E-state index in [1.165, 1.54) is 11.3 Å². The zero-order valence-corrected chi connectivity index (χ0v) is 16.8. The van der Waals surface area contributed by atoms with E-state index >= 15 is 0 Å². The summed E-state index contributed by atoms with van der Waals surface area (Å²) in [7, 11) is 0. The molecule has 30 heavy (non-hydrogen) atoms. The molecule has 0 atom stereocenters. The molecule has 0 fully saturated rings. The number of carbonyl (C=O) groups excluding carboxylic acids is 1. The van der Waals surface area contributed by atoms with E-state index in [0.29, 0.717) is 21.6 Å². The number of carbonyl (C=O) groups is 1. The third-order valence-electron chi connectivity index (χ3n) is 5.00. The fourth-order valence-electron chi connectivity index (χ4n) is 3.67. The highest BCUT2D eigenvalue weighted by molar-refractivity contribution is 7.14. The van der Waals surface area contributed by atoms with Crippen LogP contribution >= 0.6 is 11.3 Å². The molecule has 5 aromatic rings. The summed E-state index contributed by atoms with van der Waals surface area (Å²) in [5.41, 5.74) is 4.19. The molecule has 0 bridgehead atoms. The van der Waals surface area contributed by atoms with Crippen LogP contribution in [-0.2, 0) is 11.2 Å². The van der Waals surface area contributed by atoms with Crippen molar-refractivity contribution in [3.8, 4) is 11.3 Å². The molecule has 0 spiro atoms. The van der Waals surface area contributed by atoms with Crippen LogP contribution in [0.5, 0.6) is 0 Å². The minimum absolute atomic E-state index is 0.0400. The molecule has 0 aliphatic heterocycles. The SMILES string of the molecule is Cc1[nH]c2ccccc2c1-c1csc(NC(=O)Cc2n[nH]c(=O)c3ccccc23)n1. The lowest BCUT2D eigenvalue weighted by Crippen LogP contribution is -2.18. The molecule has 0 saturated heterocycles. The van der Waals surface area contributed by atoms with Gasteiger partial charge < -0.3 is 10.3 Å². The van der Waals surface area contributed by atoms with E-state index < -0.39 is 0 Å². The van der Waals surface area contributed by atoms with Crippen molar-refractivity contribution in [2.75, 3.05) is 5.32 Å². The summed E-state index contributed by atoms with van der Waals surface area (Å²) in [5.74, 6) is -0.240. The van der Waals surface area contributed by atoms with Crippen molar-refractivity contribution in [1.82, 2.24) is 20.2 Å². The largest absolute Gasteiger partial charge is 0.358 e. The second-order valence-corrected chi connectivity index (χ2v) is 7.84. The fraction of sp³-hybridized carbons (Fsp3) is 0.0909. The highest BCUT2D eigenvalue weighted by Crippen LogP contribution is 2.33. The second-order valence-electron chi connectivity index (χ2n) is 6.98. The maximum atomic E-state index is 12.6. The number of rotatable bonds is 4. The van der Waals surface area contributed by atoms with Crippen molar-refractivity contribution in [3.63, 3.8) is 0 Å². The van der Waals surface area contributed by atoms with Gasteiger partial charge in [-0.2, -0.15) is 5.10 Å². The Hall–Kier alpha value is -3.78. The minimum atomic E-state index is -0.270. The Morgan fingerprint density at radius 1 is 1.07 bits per heavy atom. The lowest BCUT2D eigenvalue weighted by Gasteiger charge is -2.04. The Kier molecular flexibility index (Phi) is 4.40. The zero-order valence-electron chi connectivity index (χ0n) is 16.0. The molecule has 3 heterocycles. The number of amides is 1. The Balaban J connectivity index is 1.40. The Bertz CT molecular complexity index is 1460. The molecule has 1 amide bonds. The van der Waals surface area contributed by atoms with Crippen LogP contribution in [-0.4, -0.2) is 26.1 Å². The minimum Gasteiger partial charge on any atom is -0.358 e. The van der Waals surface area contributed by atoms with Gasteiger partial charge in [-0.3, -0.25) is 9.59 Å². The monoisotopic (exact) mass is 415 g/mol. The van der Waals surface area contributed by atoms with Crippen LogP contribution in [0.2, 0.25) is 0 Å². The third-order valence-corrected chi connectivity index (χ3v) is 5.76. The summed E-state index contributed by atoms with van der Waals surface area (Å²) < 4.78 is 0. The van der Waals surface area contributed by atoms with Crippen molar-refractivity contribution in [2.45, 2.75) is 13.3 Å². The number of nitrogens with one attached hydrogen (secondary N) is 3. The first-order valence-corrected chi connectivity index (χ1v) is 10.3. The third kappa shape index (κ3) is 3.17. The lowest BCUT2D eigenvalue weighted by molar-refractivity contribution is -0.115. The number of benzene rings is 2. The van der Waals surface area contributed by atoms with E-state index in [4.69, 9.17) is 0 Å². The Morgan fingerprint density at radius 3 is 2.63 bits per heavy atom. The summed E-state index contributed by atoms with van der Waals surface area (Å²) in [6.45, 7) is 2.01. The van der Waals surface area contributed by atoms with E-state index in [9.17, 15) is 9.59 Å². The molecule has 2 aromatic carbocycles. The number of hydrogen-bond donors (Lipinski definition) is 3. The number of para-hydroxylation sites is 1. The number of thiazole rings is 1. The van der Waals surface area contributed by atoms with Gasteiger partial charge in [0, 0.05) is 32.9 Å². The molecule has 3 aromatic heterocycles. The standard InChI is InChI=1S/C22H17N5O2S/c1-12-20(15-8-4-5-9-16(15)23-12)18-11-30-22(24-18)25-19(28)10-17-13-6-2-3-7-14(13)21(29)27-26-17/h2-9,11,23H,10H2,1H3,(H,27,29)(H,24,25,28). The van der Waals surface area contributed by atoms with E-state index in [1.54, 1.807) is 18.2 Å². The second kappa shape index (κ2) is 7.23. The van der Waals surface area contributed by atoms with Crippen molar-refractivity contribution < 1.29 is 4.79 Å². The van der Waals surface area contributed by atoms with Gasteiger partial charge in [0.25, 0.3) is 5.56 Å². The normalized spacial score (nSPS) is 11.2. The number of anilines is 1. The lowest BCUT2D eigenvalue weighted by atomic mass is 10.1. The molecule has 5 rings (SSSR count). The van der Waals surface area contributed by atoms with Gasteiger partial charge in [0.1, 0.15) is 0 Å². The van der Waals surface area contributed by atoms with Gasteiger partial charge in [0.15, 0.2) is 5.13 Å². The van der Waals surface area contributed by atoms with E-state index in [2.05, 4.69) is 31.5 Å². The van der Waals surface area contributed by atoms with Crippen LogP contribution in [0.4, 0.5) is 5.13 Å². The summed E-state index contributed by atoms with van der Waals surface area (Å²) >= 11 is 1.37. The predicted octanol–water partition coefficient (Wildman–Crippen LogP) is 4.02. The van der Waals surface area contributed by atoms with Crippen molar-refractivity contribution >= 4 is 44.1 Å². The predicted molar refractivity (Wildman–Crippen MR) is 119 cm³/mol. The van der Waals surface area contributed by atoms with Gasteiger partial charge in [0.05, 0.1) is 23.2 Å². The van der Waals surface area contributed by atoms with Crippen molar-refractivity contribution in [2.24, 2.45) is 0 Å². The van der Waals surface area contributed by atoms with E-state index in [-0.39, 0.29) is 17.9 Å². The van der Waals surface area contributed by atoms with Crippen LogP contribution < -0.4 is 10.9 Å². The maximum Gasteiger partial charge on any atom is 0.272 e. The first kappa shape index (κ1) is 18.3. The van der Waals surface area contributed by atoms with Gasteiger partial charge >= 0.3 is 0 Å². The van der Waals surface area contributed by atoms with Crippen LogP contribution in [0.3, 0.4) is 0 Å². The molecular weight excluding hydrogens is 398 g/mol. The van der Waals surface area contributed by atoms with Crippen LogP contribution in [0, 0.1) is 6.92 Å². The number of aromatic amines is 2. The Morgan fingerprint density at radius 2 is 1.80 bits per heavy atom. The average Bonchev–Trinajstić information content (AvgIpc) is 3.33. The van der Waals surface area contributed by atoms with Gasteiger partial charge in [0.2, 0.25) is 5.91 Å². The van der Waals surface area contributed by atoms with Gasteiger partial charge in [-0.05, 0) is 19.1 Å². The number of hydrogen-bond acceptors (Lipinski definition) is 5. The molecule has 8 heteroatoms. The molecule has 0 saturated carbocycles. The number of nitrogens with zero attached hydrogens (tertiary/aromatic N) is 2. The fourth-order valence-corrected chi connectivity index (χ4v) is 4.39. The maximum absolute atomic E-state index is 12.6. The van der Waals surface area contributed by atoms with Gasteiger partial charge in [-0.1, -0.05) is 36.4 Å². The first-order chi connectivity index (χ1) is 14.6. The number of H-pyrrole nitrogens is 2. The number of aromatic nitrogens is 4. The highest BCUT2D eigenvalue weighted by atomic mass is 32.1. The summed E-state index contributed by atoms with van der Waals surface area (Å²) in [6.07, 6.45) is 0.0400. The van der Waals surface area contributed by atoms with Crippen LogP contribution in [0.25, 0.3) is 32.9 Å².